The quantitative estimate of drug-likeness (QED) is 0.446. The second-order valence-corrected chi connectivity index (χ2v) is 4.20. The molecule has 0 spiro atoms. The maximum absolute atomic E-state index is 10.9. The molecule has 0 bridgehead atoms. The monoisotopic (exact) mass is 243 g/mol. The third-order valence-electron chi connectivity index (χ3n) is 2.79. The molecule has 0 radical (unpaired) electrons. The van der Waals surface area contributed by atoms with Crippen LogP contribution in [0.3, 0.4) is 0 Å². The molecule has 6 nitrogen and oxygen atoms in total. The topological polar surface area (TPSA) is 85.2 Å². The predicted octanol–water partition coefficient (Wildman–Crippen LogP) is 1.11. The number of rotatable bonds is 2. The number of oxime groups is 1. The summed E-state index contributed by atoms with van der Waals surface area (Å²) in [4.78, 5) is 21.8. The minimum absolute atomic E-state index is 0.171. The van der Waals surface area contributed by atoms with E-state index in [0.29, 0.717) is 18.6 Å². The highest BCUT2D eigenvalue weighted by atomic mass is 16.6. The minimum Gasteiger partial charge on any atom is -0.462 e. The Labute approximate surface area is 99.6 Å². The van der Waals surface area contributed by atoms with E-state index in [9.17, 15) is 9.59 Å². The minimum atomic E-state index is -0.420. The number of ether oxygens (including phenoxy) is 2. The van der Waals surface area contributed by atoms with Gasteiger partial charge in [0.25, 0.3) is 0 Å². The van der Waals surface area contributed by atoms with Crippen LogP contribution in [0.2, 0.25) is 0 Å². The van der Waals surface area contributed by atoms with Crippen molar-refractivity contribution < 1.29 is 24.3 Å². The lowest BCUT2D eigenvalue weighted by Crippen LogP contribution is -2.41. The van der Waals surface area contributed by atoms with Gasteiger partial charge >= 0.3 is 11.9 Å². The molecule has 0 saturated heterocycles. The molecule has 0 aromatic carbocycles. The maximum atomic E-state index is 10.9. The van der Waals surface area contributed by atoms with Gasteiger partial charge in [-0.05, 0) is 0 Å². The first-order valence-corrected chi connectivity index (χ1v) is 5.49. The summed E-state index contributed by atoms with van der Waals surface area (Å²) < 4.78 is 10.2. The summed E-state index contributed by atoms with van der Waals surface area (Å²) in [6, 6.07) is 0. The molecule has 0 aromatic rings. The lowest BCUT2D eigenvalue weighted by atomic mass is 9.84. The van der Waals surface area contributed by atoms with E-state index in [1.165, 1.54) is 13.8 Å². The smallest absolute Gasteiger partial charge is 0.302 e. The molecule has 1 aliphatic carbocycles. The Morgan fingerprint density at radius 2 is 1.88 bits per heavy atom. The highest BCUT2D eigenvalue weighted by Gasteiger charge is 2.36. The zero-order valence-corrected chi connectivity index (χ0v) is 10.2. The normalized spacial score (nSPS) is 31.0. The van der Waals surface area contributed by atoms with Gasteiger partial charge in [-0.15, -0.1) is 0 Å². The van der Waals surface area contributed by atoms with Gasteiger partial charge in [0.15, 0.2) is 0 Å². The summed E-state index contributed by atoms with van der Waals surface area (Å²) in [7, 11) is 0. The van der Waals surface area contributed by atoms with Crippen LogP contribution in [0.1, 0.15) is 33.6 Å². The fourth-order valence-corrected chi connectivity index (χ4v) is 2.00. The Morgan fingerprint density at radius 1 is 1.29 bits per heavy atom. The summed E-state index contributed by atoms with van der Waals surface area (Å²) in [6.45, 7) is 4.44. The fourth-order valence-electron chi connectivity index (χ4n) is 2.00. The highest BCUT2D eigenvalue weighted by molar-refractivity contribution is 5.88. The molecule has 3 atom stereocenters. The van der Waals surface area contributed by atoms with Crippen LogP contribution in [0.5, 0.6) is 0 Å². The van der Waals surface area contributed by atoms with E-state index in [1.807, 2.05) is 6.92 Å². The van der Waals surface area contributed by atoms with Crippen LogP contribution in [-0.4, -0.2) is 35.1 Å². The Bertz CT molecular complexity index is 339. The Morgan fingerprint density at radius 3 is 2.35 bits per heavy atom. The van der Waals surface area contributed by atoms with Crippen molar-refractivity contribution >= 4 is 17.7 Å². The van der Waals surface area contributed by atoms with E-state index >= 15 is 0 Å². The van der Waals surface area contributed by atoms with E-state index in [-0.39, 0.29) is 5.92 Å². The van der Waals surface area contributed by atoms with Crippen LogP contribution >= 0.6 is 0 Å². The molecule has 1 unspecified atom stereocenters. The van der Waals surface area contributed by atoms with E-state index in [4.69, 9.17) is 14.7 Å². The lowest BCUT2D eigenvalue weighted by Gasteiger charge is -2.33. The Balaban J connectivity index is 2.75. The van der Waals surface area contributed by atoms with Crippen LogP contribution in [0.4, 0.5) is 0 Å². The van der Waals surface area contributed by atoms with E-state index in [1.54, 1.807) is 0 Å². The van der Waals surface area contributed by atoms with Gasteiger partial charge in [0, 0.05) is 32.6 Å². The Hall–Kier alpha value is -1.59. The van der Waals surface area contributed by atoms with E-state index in [0.717, 1.165) is 0 Å². The number of nitrogens with zero attached hydrogens (tertiary/aromatic N) is 1. The highest BCUT2D eigenvalue weighted by Crippen LogP contribution is 2.27. The Kier molecular flexibility index (Phi) is 4.48. The van der Waals surface area contributed by atoms with Gasteiger partial charge in [-0.2, -0.15) is 0 Å². The van der Waals surface area contributed by atoms with Crippen molar-refractivity contribution in [2.24, 2.45) is 11.1 Å². The number of hydrogen-bond acceptors (Lipinski definition) is 6. The zero-order valence-electron chi connectivity index (χ0n) is 10.2. The van der Waals surface area contributed by atoms with Gasteiger partial charge in [0.1, 0.15) is 12.2 Å². The van der Waals surface area contributed by atoms with Gasteiger partial charge < -0.3 is 14.7 Å². The second kappa shape index (κ2) is 5.65. The molecule has 96 valence electrons. The largest absolute Gasteiger partial charge is 0.462 e. The molecule has 1 N–H and O–H groups in total. The lowest BCUT2D eigenvalue weighted by molar-refractivity contribution is -0.155. The number of carbonyl (C=O) groups is 2. The van der Waals surface area contributed by atoms with Crippen LogP contribution in [-0.2, 0) is 19.1 Å². The van der Waals surface area contributed by atoms with E-state index in [2.05, 4.69) is 5.16 Å². The summed E-state index contributed by atoms with van der Waals surface area (Å²) in [5.74, 6) is -0.971. The predicted molar refractivity (Wildman–Crippen MR) is 58.7 cm³/mol. The first-order valence-electron chi connectivity index (χ1n) is 5.49. The van der Waals surface area contributed by atoms with Crippen molar-refractivity contribution in [2.75, 3.05) is 0 Å². The molecular weight excluding hydrogens is 226 g/mol. The third kappa shape index (κ3) is 3.72. The van der Waals surface area contributed by atoms with Gasteiger partial charge in [-0.25, -0.2) is 0 Å². The molecule has 1 rings (SSSR count). The van der Waals surface area contributed by atoms with Crippen molar-refractivity contribution in [3.8, 4) is 0 Å². The first kappa shape index (κ1) is 13.5. The van der Waals surface area contributed by atoms with Gasteiger partial charge in [-0.3, -0.25) is 9.59 Å². The molecule has 17 heavy (non-hydrogen) atoms. The van der Waals surface area contributed by atoms with Gasteiger partial charge in [0.05, 0.1) is 5.71 Å². The maximum Gasteiger partial charge on any atom is 0.302 e. The number of carbonyl (C=O) groups excluding carboxylic acids is 2. The SMILES string of the molecule is CC(=O)O[C@@H]1CC(=NO)C(C)[C@@H](OC(C)=O)C1. The second-order valence-electron chi connectivity index (χ2n) is 4.20. The first-order chi connectivity index (χ1) is 7.93. The van der Waals surface area contributed by atoms with Crippen molar-refractivity contribution in [1.82, 2.24) is 0 Å². The van der Waals surface area contributed by atoms with Crippen LogP contribution in [0.15, 0.2) is 5.16 Å². The van der Waals surface area contributed by atoms with Crippen LogP contribution < -0.4 is 0 Å². The number of hydrogen-bond donors (Lipinski definition) is 1. The summed E-state index contributed by atoms with van der Waals surface area (Å²) in [6.07, 6.45) is -0.0237. The average molecular weight is 243 g/mol. The zero-order chi connectivity index (χ0) is 13.0. The number of esters is 2. The van der Waals surface area contributed by atoms with Crippen LogP contribution in [0.25, 0.3) is 0 Å². The third-order valence-corrected chi connectivity index (χ3v) is 2.79. The van der Waals surface area contributed by atoms with E-state index < -0.39 is 24.1 Å². The van der Waals surface area contributed by atoms with Crippen molar-refractivity contribution in [2.45, 2.75) is 45.8 Å². The molecule has 0 amide bonds. The van der Waals surface area contributed by atoms with Crippen molar-refractivity contribution in [1.29, 1.82) is 0 Å². The molecular formula is C11H17NO5. The molecule has 1 fully saturated rings. The molecule has 1 saturated carbocycles. The molecule has 0 aliphatic heterocycles. The van der Waals surface area contributed by atoms with Crippen LogP contribution in [0, 0.1) is 5.92 Å². The van der Waals surface area contributed by atoms with Crippen molar-refractivity contribution in [3.05, 3.63) is 0 Å². The molecule has 0 aromatic heterocycles. The summed E-state index contributed by atoms with van der Waals surface area (Å²) in [5.41, 5.74) is 0.480. The summed E-state index contributed by atoms with van der Waals surface area (Å²) in [5, 5.41) is 12.0. The summed E-state index contributed by atoms with van der Waals surface area (Å²) >= 11 is 0. The molecule has 6 heteroatoms. The standard InChI is InChI=1S/C11H17NO5/c1-6-10(12-15)4-9(16-7(2)13)5-11(6)17-8(3)14/h6,9,11,15H,4-5H2,1-3H3/t6?,9-,11+/m1/s1. The average Bonchev–Trinajstić information content (AvgIpc) is 2.21. The fraction of sp³-hybridized carbons (Fsp3) is 0.727. The molecule has 0 heterocycles. The molecule has 1 aliphatic rings. The van der Waals surface area contributed by atoms with Gasteiger partial charge in [0.2, 0.25) is 0 Å². The van der Waals surface area contributed by atoms with Gasteiger partial charge in [-0.1, -0.05) is 12.1 Å². The van der Waals surface area contributed by atoms with Crippen molar-refractivity contribution in [3.63, 3.8) is 0 Å².